The molecule has 31 heavy (non-hydrogen) atoms. The first kappa shape index (κ1) is 20.5. The Morgan fingerprint density at radius 3 is 2.13 bits per heavy atom. The van der Waals surface area contributed by atoms with Crippen molar-refractivity contribution in [3.05, 3.63) is 106 Å². The minimum Gasteiger partial charge on any atom is -0.350 e. The first-order chi connectivity index (χ1) is 14.8. The van der Waals surface area contributed by atoms with Gasteiger partial charge in [0.15, 0.2) is 0 Å². The Hall–Kier alpha value is -3.80. The van der Waals surface area contributed by atoms with E-state index in [9.17, 15) is 18.4 Å². The molecular formula is C25H20F2N2O2. The molecule has 0 fully saturated rings. The Kier molecular flexibility index (Phi) is 5.38. The van der Waals surface area contributed by atoms with Gasteiger partial charge < -0.3 is 5.32 Å². The number of anilines is 1. The van der Waals surface area contributed by atoms with Gasteiger partial charge in [0.2, 0.25) is 0 Å². The number of hydrogen-bond donors (Lipinski definition) is 1. The molecule has 0 radical (unpaired) electrons. The zero-order chi connectivity index (χ0) is 22.1. The number of rotatable bonds is 5. The topological polar surface area (TPSA) is 49.4 Å². The maximum atomic E-state index is 14.2. The largest absolute Gasteiger partial charge is 0.350 e. The van der Waals surface area contributed by atoms with Crippen LogP contribution in [-0.4, -0.2) is 16.7 Å². The van der Waals surface area contributed by atoms with Gasteiger partial charge in [-0.2, -0.15) is 0 Å². The van der Waals surface area contributed by atoms with Crippen molar-refractivity contribution in [1.82, 2.24) is 4.90 Å². The van der Waals surface area contributed by atoms with Gasteiger partial charge in [-0.25, -0.2) is 8.78 Å². The lowest BCUT2D eigenvalue weighted by Gasteiger charge is -2.16. The number of aryl methyl sites for hydroxylation is 2. The van der Waals surface area contributed by atoms with E-state index in [1.165, 1.54) is 36.4 Å². The van der Waals surface area contributed by atoms with Crippen molar-refractivity contribution in [2.24, 2.45) is 0 Å². The third-order valence-electron chi connectivity index (χ3n) is 5.08. The van der Waals surface area contributed by atoms with Crippen molar-refractivity contribution in [3.8, 4) is 0 Å². The number of benzene rings is 3. The lowest BCUT2D eigenvalue weighted by Crippen LogP contribution is -2.32. The standard InChI is InChI=1S/C25H20F2N2O2/c1-15-11-16(2)13-20(12-15)28-23-22(17-7-9-19(26)10-8-17)24(30)29(25(23)31)14-18-5-3-4-6-21(18)27/h3-13,28H,14H2,1-2H3. The smallest absolute Gasteiger partial charge is 0.278 e. The number of hydrogen-bond acceptors (Lipinski definition) is 3. The minimum absolute atomic E-state index is 0.0814. The summed E-state index contributed by atoms with van der Waals surface area (Å²) >= 11 is 0. The van der Waals surface area contributed by atoms with E-state index < -0.39 is 23.4 Å². The molecule has 156 valence electrons. The zero-order valence-corrected chi connectivity index (χ0v) is 17.1. The number of amides is 2. The second kappa shape index (κ2) is 8.14. The van der Waals surface area contributed by atoms with E-state index in [2.05, 4.69) is 5.32 Å². The van der Waals surface area contributed by atoms with Crippen molar-refractivity contribution in [2.45, 2.75) is 20.4 Å². The normalized spacial score (nSPS) is 13.9. The second-order valence-electron chi connectivity index (χ2n) is 7.55. The van der Waals surface area contributed by atoms with Crippen LogP contribution in [0.15, 0.2) is 72.4 Å². The highest BCUT2D eigenvalue weighted by molar-refractivity contribution is 6.36. The van der Waals surface area contributed by atoms with E-state index in [1.807, 2.05) is 32.0 Å². The molecule has 1 N–H and O–H groups in total. The summed E-state index contributed by atoms with van der Waals surface area (Å²) in [4.78, 5) is 27.5. The number of imide groups is 1. The Morgan fingerprint density at radius 1 is 0.839 bits per heavy atom. The van der Waals surface area contributed by atoms with Crippen LogP contribution in [0.25, 0.3) is 5.57 Å². The molecule has 0 bridgehead atoms. The average molecular weight is 418 g/mol. The van der Waals surface area contributed by atoms with Crippen LogP contribution >= 0.6 is 0 Å². The highest BCUT2D eigenvalue weighted by atomic mass is 19.1. The van der Waals surface area contributed by atoms with E-state index in [4.69, 9.17) is 0 Å². The molecule has 2 amide bonds. The molecule has 1 aliphatic rings. The molecule has 0 atom stereocenters. The monoisotopic (exact) mass is 418 g/mol. The van der Waals surface area contributed by atoms with Crippen LogP contribution < -0.4 is 5.32 Å². The van der Waals surface area contributed by atoms with Crippen molar-refractivity contribution in [2.75, 3.05) is 5.32 Å². The van der Waals surface area contributed by atoms with Crippen LogP contribution in [0.5, 0.6) is 0 Å². The lowest BCUT2D eigenvalue weighted by atomic mass is 10.0. The molecule has 1 aliphatic heterocycles. The van der Waals surface area contributed by atoms with Crippen LogP contribution in [0.3, 0.4) is 0 Å². The Bertz CT molecular complexity index is 1200. The summed E-state index contributed by atoms with van der Waals surface area (Å²) in [7, 11) is 0. The molecule has 0 aliphatic carbocycles. The van der Waals surface area contributed by atoms with E-state index >= 15 is 0 Å². The Morgan fingerprint density at radius 2 is 1.48 bits per heavy atom. The van der Waals surface area contributed by atoms with Gasteiger partial charge in [0, 0.05) is 11.3 Å². The van der Waals surface area contributed by atoms with E-state index in [1.54, 1.807) is 12.1 Å². The van der Waals surface area contributed by atoms with E-state index in [0.717, 1.165) is 16.0 Å². The van der Waals surface area contributed by atoms with Gasteiger partial charge >= 0.3 is 0 Å². The Balaban J connectivity index is 1.77. The first-order valence-corrected chi connectivity index (χ1v) is 9.78. The highest BCUT2D eigenvalue weighted by Gasteiger charge is 2.39. The maximum absolute atomic E-state index is 14.2. The summed E-state index contributed by atoms with van der Waals surface area (Å²) in [5.41, 5.74) is 3.48. The number of halogens is 2. The fourth-order valence-corrected chi connectivity index (χ4v) is 3.71. The van der Waals surface area contributed by atoms with Gasteiger partial charge in [-0.1, -0.05) is 36.4 Å². The SMILES string of the molecule is Cc1cc(C)cc(NC2=C(c3ccc(F)cc3)C(=O)N(Cc3ccccc3F)C2=O)c1. The molecule has 3 aromatic rings. The summed E-state index contributed by atoms with van der Waals surface area (Å²) in [5, 5.41) is 3.08. The summed E-state index contributed by atoms with van der Waals surface area (Å²) in [6, 6.07) is 17.1. The fourth-order valence-electron chi connectivity index (χ4n) is 3.71. The molecule has 4 nitrogen and oxygen atoms in total. The summed E-state index contributed by atoms with van der Waals surface area (Å²) in [6.07, 6.45) is 0. The third-order valence-corrected chi connectivity index (χ3v) is 5.08. The Labute approximate surface area is 178 Å². The van der Waals surface area contributed by atoms with Crippen molar-refractivity contribution in [3.63, 3.8) is 0 Å². The summed E-state index contributed by atoms with van der Waals surface area (Å²) in [6.45, 7) is 3.66. The third kappa shape index (κ3) is 4.10. The molecule has 0 spiro atoms. The van der Waals surface area contributed by atoms with Gasteiger partial charge in [0.25, 0.3) is 11.8 Å². The molecular weight excluding hydrogens is 398 g/mol. The molecule has 1 heterocycles. The number of nitrogens with one attached hydrogen (secondary N) is 1. The van der Waals surface area contributed by atoms with Crippen molar-refractivity contribution < 1.29 is 18.4 Å². The predicted molar refractivity (Wildman–Crippen MR) is 115 cm³/mol. The van der Waals surface area contributed by atoms with Crippen molar-refractivity contribution in [1.29, 1.82) is 0 Å². The highest BCUT2D eigenvalue weighted by Crippen LogP contribution is 2.32. The van der Waals surface area contributed by atoms with Gasteiger partial charge in [0.05, 0.1) is 12.1 Å². The average Bonchev–Trinajstić information content (AvgIpc) is 2.94. The van der Waals surface area contributed by atoms with Gasteiger partial charge in [0.1, 0.15) is 17.3 Å². The van der Waals surface area contributed by atoms with Gasteiger partial charge in [-0.05, 0) is 60.9 Å². The number of carbonyl (C=O) groups excluding carboxylic acids is 2. The molecule has 0 aromatic heterocycles. The summed E-state index contributed by atoms with van der Waals surface area (Å²) in [5.74, 6) is -2.08. The lowest BCUT2D eigenvalue weighted by molar-refractivity contribution is -0.137. The molecule has 3 aromatic carbocycles. The number of carbonyl (C=O) groups is 2. The van der Waals surface area contributed by atoms with E-state index in [0.29, 0.717) is 11.3 Å². The van der Waals surface area contributed by atoms with Crippen LogP contribution in [0.2, 0.25) is 0 Å². The van der Waals surface area contributed by atoms with Crippen molar-refractivity contribution >= 4 is 23.1 Å². The van der Waals surface area contributed by atoms with Crippen LogP contribution in [0.1, 0.15) is 22.3 Å². The van der Waals surface area contributed by atoms with Crippen LogP contribution in [0.4, 0.5) is 14.5 Å². The fraction of sp³-hybridized carbons (Fsp3) is 0.120. The number of nitrogens with zero attached hydrogens (tertiary/aromatic N) is 1. The first-order valence-electron chi connectivity index (χ1n) is 9.78. The van der Waals surface area contributed by atoms with Crippen LogP contribution in [0, 0.1) is 25.5 Å². The predicted octanol–water partition coefficient (Wildman–Crippen LogP) is 4.97. The second-order valence-corrected chi connectivity index (χ2v) is 7.55. The zero-order valence-electron chi connectivity index (χ0n) is 17.1. The van der Waals surface area contributed by atoms with Gasteiger partial charge in [-0.3, -0.25) is 14.5 Å². The quantitative estimate of drug-likeness (QED) is 0.595. The van der Waals surface area contributed by atoms with Crippen LogP contribution in [-0.2, 0) is 16.1 Å². The molecule has 0 unspecified atom stereocenters. The molecule has 6 heteroatoms. The van der Waals surface area contributed by atoms with E-state index in [-0.39, 0.29) is 23.4 Å². The summed E-state index contributed by atoms with van der Waals surface area (Å²) < 4.78 is 27.6. The van der Waals surface area contributed by atoms with Gasteiger partial charge in [-0.15, -0.1) is 0 Å². The minimum atomic E-state index is -0.563. The molecule has 4 rings (SSSR count). The maximum Gasteiger partial charge on any atom is 0.278 e. The molecule has 0 saturated carbocycles. The molecule has 0 saturated heterocycles.